The number of thiophene rings is 1. The molecular weight excluding hydrogens is 450 g/mol. The minimum Gasteiger partial charge on any atom is -0.370 e. The second-order valence-corrected chi connectivity index (χ2v) is 10.9. The van der Waals surface area contributed by atoms with E-state index in [4.69, 9.17) is 14.7 Å². The molecule has 1 aliphatic heterocycles. The fourth-order valence-corrected chi connectivity index (χ4v) is 5.92. The highest BCUT2D eigenvalue weighted by Crippen LogP contribution is 2.42. The third-order valence-corrected chi connectivity index (χ3v) is 7.68. The SMILES string of the molecule is Cc1ccc(NC(=O)CSc2nc(-c3ccccc3)nc3sc4c(c23)CC(C)(C)OC4)cc1. The van der Waals surface area contributed by atoms with Crippen molar-refractivity contribution in [3.63, 3.8) is 0 Å². The number of hydrogen-bond donors (Lipinski definition) is 1. The Labute approximate surface area is 201 Å². The van der Waals surface area contributed by atoms with Gasteiger partial charge in [0, 0.05) is 27.9 Å². The predicted octanol–water partition coefficient (Wildman–Crippen LogP) is 6.25. The number of anilines is 1. The van der Waals surface area contributed by atoms with E-state index < -0.39 is 0 Å². The summed E-state index contributed by atoms with van der Waals surface area (Å²) in [6.07, 6.45) is 0.805. The molecule has 0 atom stereocenters. The van der Waals surface area contributed by atoms with Gasteiger partial charge in [-0.05, 0) is 38.5 Å². The van der Waals surface area contributed by atoms with Crippen molar-refractivity contribution in [2.75, 3.05) is 11.1 Å². The van der Waals surface area contributed by atoms with Gasteiger partial charge < -0.3 is 10.1 Å². The normalized spacial score (nSPS) is 14.8. The zero-order valence-electron chi connectivity index (χ0n) is 18.8. The lowest BCUT2D eigenvalue weighted by Gasteiger charge is -2.30. The number of aromatic nitrogens is 2. The number of amides is 1. The van der Waals surface area contributed by atoms with Crippen LogP contribution in [0.4, 0.5) is 5.69 Å². The lowest BCUT2D eigenvalue weighted by Crippen LogP contribution is -2.31. The average molecular weight is 476 g/mol. The van der Waals surface area contributed by atoms with Gasteiger partial charge >= 0.3 is 0 Å². The molecule has 0 bridgehead atoms. The first-order valence-corrected chi connectivity index (χ1v) is 12.7. The molecule has 3 heterocycles. The number of fused-ring (bicyclic) bond motifs is 3. The minimum atomic E-state index is -0.232. The highest BCUT2D eigenvalue weighted by molar-refractivity contribution is 8.00. The van der Waals surface area contributed by atoms with Crippen molar-refractivity contribution < 1.29 is 9.53 Å². The summed E-state index contributed by atoms with van der Waals surface area (Å²) in [4.78, 5) is 24.7. The van der Waals surface area contributed by atoms with Crippen molar-refractivity contribution in [2.24, 2.45) is 0 Å². The number of ether oxygens (including phenoxy) is 1. The Morgan fingerprint density at radius 1 is 1.12 bits per heavy atom. The zero-order valence-corrected chi connectivity index (χ0v) is 20.5. The van der Waals surface area contributed by atoms with Crippen LogP contribution in [0.15, 0.2) is 59.6 Å². The molecule has 0 saturated heterocycles. The maximum Gasteiger partial charge on any atom is 0.234 e. The van der Waals surface area contributed by atoms with Gasteiger partial charge in [-0.2, -0.15) is 0 Å². The largest absolute Gasteiger partial charge is 0.370 e. The lowest BCUT2D eigenvalue weighted by atomic mass is 9.94. The van der Waals surface area contributed by atoms with Crippen LogP contribution in [0.25, 0.3) is 21.6 Å². The first kappa shape index (κ1) is 22.1. The molecule has 1 N–H and O–H groups in total. The molecular formula is C26H25N3O2S2. The van der Waals surface area contributed by atoms with E-state index in [9.17, 15) is 4.79 Å². The molecule has 0 unspecified atom stereocenters. The van der Waals surface area contributed by atoms with Crippen LogP contribution in [-0.2, 0) is 22.6 Å². The predicted molar refractivity (Wildman–Crippen MR) is 136 cm³/mol. The third kappa shape index (κ3) is 4.81. The van der Waals surface area contributed by atoms with Gasteiger partial charge in [-0.15, -0.1) is 11.3 Å². The van der Waals surface area contributed by atoms with Crippen LogP contribution >= 0.6 is 23.1 Å². The molecule has 168 valence electrons. The Morgan fingerprint density at radius 3 is 2.64 bits per heavy atom. The molecule has 7 heteroatoms. The minimum absolute atomic E-state index is 0.0513. The molecule has 2 aromatic carbocycles. The smallest absolute Gasteiger partial charge is 0.234 e. The van der Waals surface area contributed by atoms with E-state index in [-0.39, 0.29) is 17.3 Å². The Bertz CT molecular complexity index is 1320. The molecule has 0 aliphatic carbocycles. The van der Waals surface area contributed by atoms with Crippen molar-refractivity contribution >= 4 is 44.9 Å². The Hall–Kier alpha value is -2.74. The molecule has 0 fully saturated rings. The van der Waals surface area contributed by atoms with Gasteiger partial charge in [0.2, 0.25) is 5.91 Å². The van der Waals surface area contributed by atoms with Crippen LogP contribution in [0.2, 0.25) is 0 Å². The quantitative estimate of drug-likeness (QED) is 0.273. The summed E-state index contributed by atoms with van der Waals surface area (Å²) >= 11 is 3.14. The van der Waals surface area contributed by atoms with Crippen LogP contribution in [0.1, 0.15) is 29.9 Å². The number of nitrogens with zero attached hydrogens (tertiary/aromatic N) is 2. The number of benzene rings is 2. The van der Waals surface area contributed by atoms with Crippen molar-refractivity contribution in [1.82, 2.24) is 9.97 Å². The van der Waals surface area contributed by atoms with Crippen molar-refractivity contribution in [3.8, 4) is 11.4 Å². The van der Waals surface area contributed by atoms with E-state index in [2.05, 4.69) is 19.2 Å². The highest BCUT2D eigenvalue weighted by Gasteiger charge is 2.31. The van der Waals surface area contributed by atoms with E-state index >= 15 is 0 Å². The first-order chi connectivity index (χ1) is 15.9. The van der Waals surface area contributed by atoms with Gasteiger partial charge in [-0.3, -0.25) is 4.79 Å². The zero-order chi connectivity index (χ0) is 23.0. The van der Waals surface area contributed by atoms with E-state index in [0.29, 0.717) is 12.4 Å². The molecule has 5 nitrogen and oxygen atoms in total. The van der Waals surface area contributed by atoms with Crippen molar-refractivity contribution in [3.05, 3.63) is 70.6 Å². The molecule has 4 aromatic rings. The van der Waals surface area contributed by atoms with E-state index in [1.54, 1.807) is 11.3 Å². The van der Waals surface area contributed by atoms with Crippen LogP contribution in [0.5, 0.6) is 0 Å². The number of aryl methyl sites for hydroxylation is 1. The molecule has 2 aromatic heterocycles. The van der Waals surface area contributed by atoms with E-state index in [1.165, 1.54) is 22.2 Å². The summed E-state index contributed by atoms with van der Waals surface area (Å²) in [5.41, 5.74) is 3.95. The summed E-state index contributed by atoms with van der Waals surface area (Å²) in [5.74, 6) is 0.909. The Balaban J connectivity index is 1.49. The number of thioether (sulfide) groups is 1. The van der Waals surface area contributed by atoms with Crippen LogP contribution in [0.3, 0.4) is 0 Å². The number of rotatable bonds is 5. The maximum atomic E-state index is 12.7. The molecule has 1 aliphatic rings. The summed E-state index contributed by atoms with van der Waals surface area (Å²) in [5, 5.41) is 4.91. The van der Waals surface area contributed by atoms with Crippen LogP contribution in [0, 0.1) is 6.92 Å². The highest BCUT2D eigenvalue weighted by atomic mass is 32.2. The summed E-state index contributed by atoms with van der Waals surface area (Å²) in [6.45, 7) is 6.84. The third-order valence-electron chi connectivity index (χ3n) is 5.60. The number of carbonyl (C=O) groups excluding carboxylic acids is 1. The van der Waals surface area contributed by atoms with Gasteiger partial charge in [0.15, 0.2) is 5.82 Å². The van der Waals surface area contributed by atoms with E-state index in [0.717, 1.165) is 38.5 Å². The van der Waals surface area contributed by atoms with Gasteiger partial charge in [0.05, 0.1) is 18.0 Å². The van der Waals surface area contributed by atoms with Gasteiger partial charge in [0.1, 0.15) is 9.86 Å². The summed E-state index contributed by atoms with van der Waals surface area (Å²) in [7, 11) is 0. The second-order valence-electron chi connectivity index (χ2n) is 8.83. The molecule has 33 heavy (non-hydrogen) atoms. The van der Waals surface area contributed by atoms with E-state index in [1.807, 2.05) is 61.5 Å². The fourth-order valence-electron chi connectivity index (χ4n) is 3.90. The summed E-state index contributed by atoms with van der Waals surface area (Å²) < 4.78 is 6.04. The monoisotopic (exact) mass is 475 g/mol. The molecule has 1 amide bonds. The first-order valence-electron chi connectivity index (χ1n) is 10.9. The number of hydrogen-bond acceptors (Lipinski definition) is 6. The van der Waals surface area contributed by atoms with Crippen LogP contribution in [-0.4, -0.2) is 27.2 Å². The molecule has 0 radical (unpaired) electrons. The summed E-state index contributed by atoms with van der Waals surface area (Å²) in [6, 6.07) is 17.8. The molecule has 0 spiro atoms. The number of carbonyl (C=O) groups is 1. The number of nitrogens with one attached hydrogen (secondary N) is 1. The molecule has 5 rings (SSSR count). The van der Waals surface area contributed by atoms with Gasteiger partial charge in [-0.25, -0.2) is 9.97 Å². The standard InChI is InChI=1S/C26H25N3O2S2/c1-16-9-11-18(12-10-16)27-21(30)15-32-24-22-19-13-26(2,3)31-14-20(19)33-25(22)29-23(28-24)17-7-5-4-6-8-17/h4-12H,13-15H2,1-3H3,(H,27,30). The Kier molecular flexibility index (Phi) is 5.95. The molecule has 0 saturated carbocycles. The van der Waals surface area contributed by atoms with Gasteiger partial charge in [-0.1, -0.05) is 59.8 Å². The van der Waals surface area contributed by atoms with Crippen molar-refractivity contribution in [1.29, 1.82) is 0 Å². The topological polar surface area (TPSA) is 64.1 Å². The second kappa shape index (κ2) is 8.89. The van der Waals surface area contributed by atoms with Crippen LogP contribution < -0.4 is 5.32 Å². The van der Waals surface area contributed by atoms with Crippen molar-refractivity contribution in [2.45, 2.75) is 44.4 Å². The average Bonchev–Trinajstić information content (AvgIpc) is 3.16. The lowest BCUT2D eigenvalue weighted by molar-refractivity contribution is -0.113. The fraction of sp³-hybridized carbons (Fsp3) is 0.269. The maximum absolute atomic E-state index is 12.7. The Morgan fingerprint density at radius 2 is 1.88 bits per heavy atom. The van der Waals surface area contributed by atoms with Gasteiger partial charge in [0.25, 0.3) is 0 Å².